The fourth-order valence-corrected chi connectivity index (χ4v) is 5.59. The van der Waals surface area contributed by atoms with E-state index < -0.39 is 48.9 Å². The lowest BCUT2D eigenvalue weighted by Gasteiger charge is -2.43. The summed E-state index contributed by atoms with van der Waals surface area (Å²) in [7, 11) is 0. The summed E-state index contributed by atoms with van der Waals surface area (Å²) in [6, 6.07) is 9.19. The standard InChI is InChI=1S/C30H42O8/c1-3-4-10-26(37-24-8-6-5-7-9-24)30(36)38-27-17-22(32)15-20-12-11-19(2)25(29(20)27)14-13-21(31)16-23(33)18-28(34)35/h5-9,11-12,15,19,21-23,25-27,29,31-33H,3-4,10,13-14,16-18H2,1-2H3,(H,34,35)/t19-,21+,22+,23+,25-,26?,27-,29-/m0/s1. The lowest BCUT2D eigenvalue weighted by molar-refractivity contribution is -0.163. The van der Waals surface area contributed by atoms with Gasteiger partial charge in [-0.3, -0.25) is 4.79 Å². The number of carbonyl (C=O) groups is 2. The molecule has 0 heterocycles. The van der Waals surface area contributed by atoms with Crippen molar-refractivity contribution in [3.05, 3.63) is 54.1 Å². The molecule has 0 saturated heterocycles. The summed E-state index contributed by atoms with van der Waals surface area (Å²) in [5.41, 5.74) is 0.916. The van der Waals surface area contributed by atoms with Crippen LogP contribution in [0.4, 0.5) is 0 Å². The zero-order chi connectivity index (χ0) is 27.7. The molecule has 0 spiro atoms. The lowest BCUT2D eigenvalue weighted by atomic mass is 9.66. The number of para-hydroxylation sites is 1. The Kier molecular flexibility index (Phi) is 11.4. The molecule has 1 aromatic carbocycles. The van der Waals surface area contributed by atoms with Gasteiger partial charge in [0.25, 0.3) is 0 Å². The van der Waals surface area contributed by atoms with Crippen molar-refractivity contribution in [3.8, 4) is 5.75 Å². The number of carboxylic acid groups (broad SMARTS) is 1. The van der Waals surface area contributed by atoms with Crippen LogP contribution in [0.5, 0.6) is 5.75 Å². The summed E-state index contributed by atoms with van der Waals surface area (Å²) in [6.07, 6.45) is 4.95. The summed E-state index contributed by atoms with van der Waals surface area (Å²) in [4.78, 5) is 24.2. The van der Waals surface area contributed by atoms with Crippen LogP contribution in [0.25, 0.3) is 0 Å². The molecule has 8 nitrogen and oxygen atoms in total. The first-order valence-electron chi connectivity index (χ1n) is 13.8. The van der Waals surface area contributed by atoms with E-state index in [2.05, 4.69) is 19.9 Å². The second-order valence-electron chi connectivity index (χ2n) is 10.6. The molecule has 0 saturated carbocycles. The fourth-order valence-electron chi connectivity index (χ4n) is 5.59. The number of hydrogen-bond donors (Lipinski definition) is 4. The van der Waals surface area contributed by atoms with Crippen molar-refractivity contribution >= 4 is 11.9 Å². The van der Waals surface area contributed by atoms with Gasteiger partial charge in [0.15, 0.2) is 6.10 Å². The van der Waals surface area contributed by atoms with Gasteiger partial charge < -0.3 is 29.9 Å². The molecule has 2 aliphatic carbocycles. The Morgan fingerprint density at radius 1 is 1.11 bits per heavy atom. The molecule has 0 fully saturated rings. The maximum absolute atomic E-state index is 13.4. The van der Waals surface area contributed by atoms with Crippen molar-refractivity contribution in [2.75, 3.05) is 0 Å². The highest BCUT2D eigenvalue weighted by Gasteiger charge is 2.42. The molecule has 38 heavy (non-hydrogen) atoms. The topological polar surface area (TPSA) is 134 Å². The van der Waals surface area contributed by atoms with Gasteiger partial charge in [-0.1, -0.05) is 56.7 Å². The summed E-state index contributed by atoms with van der Waals surface area (Å²) >= 11 is 0. The Morgan fingerprint density at radius 3 is 2.53 bits per heavy atom. The molecule has 1 unspecified atom stereocenters. The Hall–Kier alpha value is -2.68. The minimum atomic E-state index is -1.11. The van der Waals surface area contributed by atoms with Gasteiger partial charge in [0.2, 0.25) is 0 Å². The normalized spacial score (nSPS) is 27.0. The van der Waals surface area contributed by atoms with E-state index >= 15 is 0 Å². The number of carboxylic acids is 1. The van der Waals surface area contributed by atoms with Crippen LogP contribution in [0, 0.1) is 17.8 Å². The Balaban J connectivity index is 1.72. The van der Waals surface area contributed by atoms with E-state index in [9.17, 15) is 24.9 Å². The highest BCUT2D eigenvalue weighted by molar-refractivity contribution is 5.75. The van der Waals surface area contributed by atoms with Crippen LogP contribution in [0.15, 0.2) is 54.1 Å². The van der Waals surface area contributed by atoms with Crippen LogP contribution in [-0.2, 0) is 14.3 Å². The fraction of sp³-hybridized carbons (Fsp3) is 0.600. The third-order valence-corrected chi connectivity index (χ3v) is 7.53. The van der Waals surface area contributed by atoms with Gasteiger partial charge in [-0.05, 0) is 61.6 Å². The second kappa shape index (κ2) is 14.5. The van der Waals surface area contributed by atoms with Gasteiger partial charge in [0, 0.05) is 12.3 Å². The van der Waals surface area contributed by atoms with Gasteiger partial charge in [-0.15, -0.1) is 0 Å². The average molecular weight is 531 g/mol. The molecule has 210 valence electrons. The van der Waals surface area contributed by atoms with E-state index in [4.69, 9.17) is 14.6 Å². The smallest absolute Gasteiger partial charge is 0.347 e. The first kappa shape index (κ1) is 29.9. The Bertz CT molecular complexity index is 958. The van der Waals surface area contributed by atoms with Crippen LogP contribution >= 0.6 is 0 Å². The maximum Gasteiger partial charge on any atom is 0.347 e. The number of ether oxygens (including phenoxy) is 2. The summed E-state index contributed by atoms with van der Waals surface area (Å²) in [5.74, 6) is -0.931. The van der Waals surface area contributed by atoms with Crippen molar-refractivity contribution in [1.82, 2.24) is 0 Å². The third kappa shape index (κ3) is 8.68. The number of aliphatic hydroxyl groups is 3. The zero-order valence-corrected chi connectivity index (χ0v) is 22.3. The van der Waals surface area contributed by atoms with Crippen LogP contribution < -0.4 is 4.74 Å². The number of rotatable bonds is 14. The van der Waals surface area contributed by atoms with Crippen molar-refractivity contribution in [2.45, 2.75) is 95.7 Å². The molecule has 1 aromatic rings. The quantitative estimate of drug-likeness (QED) is 0.265. The molecule has 2 aliphatic rings. The van der Waals surface area contributed by atoms with E-state index in [-0.39, 0.29) is 30.6 Å². The molecular weight excluding hydrogens is 488 g/mol. The number of benzene rings is 1. The zero-order valence-electron chi connectivity index (χ0n) is 22.3. The molecule has 0 bridgehead atoms. The highest BCUT2D eigenvalue weighted by atomic mass is 16.6. The number of aliphatic carboxylic acids is 1. The highest BCUT2D eigenvalue weighted by Crippen LogP contribution is 2.44. The number of unbranched alkanes of at least 4 members (excludes halogenated alkanes) is 1. The number of aliphatic hydroxyl groups excluding tert-OH is 3. The molecule has 0 aromatic heterocycles. The van der Waals surface area contributed by atoms with E-state index in [1.807, 2.05) is 30.4 Å². The predicted octanol–water partition coefficient (Wildman–Crippen LogP) is 4.03. The van der Waals surface area contributed by atoms with Gasteiger partial charge in [0.05, 0.1) is 24.7 Å². The third-order valence-electron chi connectivity index (χ3n) is 7.53. The van der Waals surface area contributed by atoms with E-state index in [0.717, 1.165) is 18.4 Å². The van der Waals surface area contributed by atoms with Crippen LogP contribution in [-0.4, -0.2) is 62.9 Å². The largest absolute Gasteiger partial charge is 0.481 e. The van der Waals surface area contributed by atoms with Crippen molar-refractivity contribution in [3.63, 3.8) is 0 Å². The van der Waals surface area contributed by atoms with Gasteiger partial charge in [-0.25, -0.2) is 4.79 Å². The number of carbonyl (C=O) groups excluding carboxylic acids is 1. The lowest BCUT2D eigenvalue weighted by Crippen LogP contribution is -2.44. The van der Waals surface area contributed by atoms with Crippen LogP contribution in [0.3, 0.4) is 0 Å². The van der Waals surface area contributed by atoms with Crippen molar-refractivity contribution < 1.29 is 39.5 Å². The SMILES string of the molecule is CCCCC(Oc1ccccc1)C(=O)O[C@H]1C[C@H](O)C=C2C=C[C@H](C)[C@H](CC[C@@H](O)C[C@@H](O)CC(=O)O)[C@H]21. The molecule has 8 heteroatoms. The van der Waals surface area contributed by atoms with E-state index in [0.29, 0.717) is 25.0 Å². The molecule has 0 amide bonds. The van der Waals surface area contributed by atoms with E-state index in [1.165, 1.54) is 0 Å². The minimum Gasteiger partial charge on any atom is -0.481 e. The van der Waals surface area contributed by atoms with Gasteiger partial charge in [-0.2, -0.15) is 0 Å². The van der Waals surface area contributed by atoms with Gasteiger partial charge in [0.1, 0.15) is 11.9 Å². The Morgan fingerprint density at radius 2 is 1.84 bits per heavy atom. The first-order valence-corrected chi connectivity index (χ1v) is 13.8. The molecule has 0 aliphatic heterocycles. The van der Waals surface area contributed by atoms with Crippen LogP contribution in [0.2, 0.25) is 0 Å². The van der Waals surface area contributed by atoms with Crippen LogP contribution in [0.1, 0.15) is 65.2 Å². The maximum atomic E-state index is 13.4. The summed E-state index contributed by atoms with van der Waals surface area (Å²) in [5, 5.41) is 39.8. The van der Waals surface area contributed by atoms with Crippen molar-refractivity contribution in [2.24, 2.45) is 17.8 Å². The van der Waals surface area contributed by atoms with Gasteiger partial charge >= 0.3 is 11.9 Å². The number of esters is 1. The summed E-state index contributed by atoms with van der Waals surface area (Å²) in [6.45, 7) is 4.13. The molecule has 4 N–H and O–H groups in total. The number of allylic oxidation sites excluding steroid dienone is 2. The minimum absolute atomic E-state index is 0.0103. The second-order valence-corrected chi connectivity index (χ2v) is 10.6. The number of fused-ring (bicyclic) bond motifs is 1. The first-order chi connectivity index (χ1) is 18.2. The van der Waals surface area contributed by atoms with Crippen molar-refractivity contribution in [1.29, 1.82) is 0 Å². The molecule has 0 radical (unpaired) electrons. The molecular formula is C30H42O8. The predicted molar refractivity (Wildman–Crippen MR) is 142 cm³/mol. The molecule has 8 atom stereocenters. The molecule has 3 rings (SSSR count). The average Bonchev–Trinajstić information content (AvgIpc) is 2.86. The Labute approximate surface area is 225 Å². The summed E-state index contributed by atoms with van der Waals surface area (Å²) < 4.78 is 12.1. The van der Waals surface area contributed by atoms with E-state index in [1.54, 1.807) is 12.1 Å². The number of hydrogen-bond acceptors (Lipinski definition) is 7. The monoisotopic (exact) mass is 530 g/mol.